The first-order valence-corrected chi connectivity index (χ1v) is 12.0. The van der Waals surface area contributed by atoms with Crippen molar-refractivity contribution in [2.24, 2.45) is 0 Å². The predicted octanol–water partition coefficient (Wildman–Crippen LogP) is 2.10. The Morgan fingerprint density at radius 1 is 0.750 bits per heavy atom. The minimum atomic E-state index is -2.23. The van der Waals surface area contributed by atoms with Gasteiger partial charge in [-0.05, 0) is 48.5 Å². The molecule has 162 valence electrons. The molecule has 4 nitrogen and oxygen atoms in total. The number of hydrogen-bond acceptors (Lipinski definition) is 3. The molecule has 0 saturated carbocycles. The van der Waals surface area contributed by atoms with Crippen molar-refractivity contribution in [1.29, 1.82) is 0 Å². The van der Waals surface area contributed by atoms with E-state index >= 15 is 0 Å². The number of rotatable bonds is 7. The van der Waals surface area contributed by atoms with Gasteiger partial charge in [-0.25, -0.2) is 0 Å². The first-order chi connectivity index (χ1) is 15.1. The highest BCUT2D eigenvalue weighted by molar-refractivity contribution is 7.95. The molecule has 4 rings (SSSR count). The maximum absolute atomic E-state index is 11.9. The van der Waals surface area contributed by atoms with E-state index in [2.05, 4.69) is 36.4 Å². The summed E-state index contributed by atoms with van der Waals surface area (Å²) in [6.45, 7) is 0. The van der Waals surface area contributed by atoms with Gasteiger partial charge in [0.15, 0.2) is 0 Å². The quantitative estimate of drug-likeness (QED) is 0.218. The van der Waals surface area contributed by atoms with Crippen molar-refractivity contribution in [3.63, 3.8) is 0 Å². The maximum Gasteiger partial charge on any atom is 0.276 e. The van der Waals surface area contributed by atoms with Crippen LogP contribution in [0.4, 0.5) is 5.69 Å². The normalized spacial score (nSPS) is 10.8. The molecule has 0 aliphatic carbocycles. The molecular formula is C26H23BrNO3P. The van der Waals surface area contributed by atoms with E-state index < -0.39 is 7.26 Å². The van der Waals surface area contributed by atoms with Gasteiger partial charge in [0.2, 0.25) is 0 Å². The van der Waals surface area contributed by atoms with E-state index in [1.165, 1.54) is 15.9 Å². The monoisotopic (exact) mass is 507 g/mol. The van der Waals surface area contributed by atoms with Crippen LogP contribution in [0.1, 0.15) is 5.56 Å². The summed E-state index contributed by atoms with van der Waals surface area (Å²) in [5.74, 6) is 0.618. The van der Waals surface area contributed by atoms with Crippen molar-refractivity contribution in [1.82, 2.24) is 0 Å². The third-order valence-electron chi connectivity index (χ3n) is 5.48. The van der Waals surface area contributed by atoms with Crippen molar-refractivity contribution < 1.29 is 26.6 Å². The standard InChI is InChI=1S/C26H23NO3P.BrH/c1-30-22-17-18-26(27(28)29)21(19-22)20-31(23-11-5-2-6-12-23,24-13-7-3-8-14-24)25-15-9-4-10-16-25;/h2-19H,20H2,1H3;1H/q+1;/p-1. The third-order valence-corrected chi connectivity index (χ3v) is 9.84. The second kappa shape index (κ2) is 10.5. The Morgan fingerprint density at radius 2 is 1.19 bits per heavy atom. The van der Waals surface area contributed by atoms with Crippen LogP contribution in [0.25, 0.3) is 0 Å². The number of hydrogen-bond donors (Lipinski definition) is 0. The van der Waals surface area contributed by atoms with Crippen LogP contribution in [0, 0.1) is 10.1 Å². The number of halogens is 1. The molecule has 0 spiro atoms. The van der Waals surface area contributed by atoms with Crippen LogP contribution in [0.2, 0.25) is 0 Å². The van der Waals surface area contributed by atoms with E-state index in [0.717, 1.165) is 0 Å². The number of nitro groups is 1. The first kappa shape index (κ1) is 23.6. The van der Waals surface area contributed by atoms with Crippen LogP contribution in [0.5, 0.6) is 5.75 Å². The highest BCUT2D eigenvalue weighted by Gasteiger charge is 2.46. The molecule has 0 bridgehead atoms. The summed E-state index contributed by atoms with van der Waals surface area (Å²) in [5.41, 5.74) is 0.794. The van der Waals surface area contributed by atoms with Gasteiger partial charge in [0.05, 0.1) is 17.6 Å². The van der Waals surface area contributed by atoms with Crippen LogP contribution >= 0.6 is 7.26 Å². The highest BCUT2D eigenvalue weighted by atomic mass is 79.9. The van der Waals surface area contributed by atoms with Gasteiger partial charge in [0.1, 0.15) is 35.1 Å². The van der Waals surface area contributed by atoms with Gasteiger partial charge in [-0.1, -0.05) is 54.6 Å². The van der Waals surface area contributed by atoms with Gasteiger partial charge in [0, 0.05) is 6.07 Å². The molecule has 0 radical (unpaired) electrons. The van der Waals surface area contributed by atoms with Crippen LogP contribution in [0.15, 0.2) is 109 Å². The van der Waals surface area contributed by atoms with Crippen molar-refractivity contribution in [2.75, 3.05) is 7.11 Å². The molecule has 0 saturated heterocycles. The fourth-order valence-electron chi connectivity index (χ4n) is 4.02. The van der Waals surface area contributed by atoms with Gasteiger partial charge >= 0.3 is 0 Å². The molecule has 0 aromatic heterocycles. The minimum absolute atomic E-state index is 0. The predicted molar refractivity (Wildman–Crippen MR) is 129 cm³/mol. The Labute approximate surface area is 199 Å². The molecule has 0 aliphatic heterocycles. The summed E-state index contributed by atoms with van der Waals surface area (Å²) < 4.78 is 5.41. The van der Waals surface area contributed by atoms with Crippen molar-refractivity contribution in [3.05, 3.63) is 125 Å². The molecule has 0 aliphatic rings. The molecule has 0 heterocycles. The lowest BCUT2D eigenvalue weighted by Gasteiger charge is -2.27. The highest BCUT2D eigenvalue weighted by Crippen LogP contribution is 2.59. The molecule has 32 heavy (non-hydrogen) atoms. The smallest absolute Gasteiger partial charge is 0.276 e. The van der Waals surface area contributed by atoms with Crippen molar-refractivity contribution in [2.45, 2.75) is 6.16 Å². The zero-order valence-corrected chi connectivity index (χ0v) is 20.1. The molecule has 0 atom stereocenters. The summed E-state index contributed by atoms with van der Waals surface area (Å²) >= 11 is 0. The molecule has 0 N–H and O–H groups in total. The Balaban J connectivity index is 0.00000289. The topological polar surface area (TPSA) is 52.4 Å². The molecule has 4 aromatic carbocycles. The molecule has 0 amide bonds. The fraction of sp³-hybridized carbons (Fsp3) is 0.0769. The Bertz CT molecular complexity index is 1070. The van der Waals surface area contributed by atoms with Gasteiger partial charge in [0.25, 0.3) is 5.69 Å². The van der Waals surface area contributed by atoms with Crippen LogP contribution in [-0.2, 0) is 6.16 Å². The summed E-state index contributed by atoms with van der Waals surface area (Å²) in [6, 6.07) is 36.1. The third kappa shape index (κ3) is 4.59. The Morgan fingerprint density at radius 3 is 1.56 bits per heavy atom. The van der Waals surface area contributed by atoms with Gasteiger partial charge in [-0.2, -0.15) is 0 Å². The number of nitro benzene ring substituents is 1. The Hall–Kier alpha value is -3.01. The zero-order valence-electron chi connectivity index (χ0n) is 17.6. The van der Waals surface area contributed by atoms with Gasteiger partial charge in [-0.15, -0.1) is 0 Å². The summed E-state index contributed by atoms with van der Waals surface area (Å²) in [4.78, 5) is 11.6. The van der Waals surface area contributed by atoms with E-state index in [9.17, 15) is 10.1 Å². The second-order valence-electron chi connectivity index (χ2n) is 7.23. The van der Waals surface area contributed by atoms with E-state index in [0.29, 0.717) is 17.5 Å². The van der Waals surface area contributed by atoms with E-state index in [1.807, 2.05) is 60.7 Å². The lowest BCUT2D eigenvalue weighted by atomic mass is 10.2. The minimum Gasteiger partial charge on any atom is -1.00 e. The van der Waals surface area contributed by atoms with Gasteiger partial charge in [-0.3, -0.25) is 10.1 Å². The van der Waals surface area contributed by atoms with E-state index in [1.54, 1.807) is 19.2 Å². The SMILES string of the molecule is COc1ccc([N+](=O)[O-])c(C[P+](c2ccccc2)(c2ccccc2)c2ccccc2)c1.[Br-]. The Kier molecular flexibility index (Phi) is 7.79. The maximum atomic E-state index is 11.9. The summed E-state index contributed by atoms with van der Waals surface area (Å²) in [6.07, 6.45) is 0.526. The molecule has 6 heteroatoms. The number of nitrogens with zero attached hydrogens (tertiary/aromatic N) is 1. The zero-order chi connectivity index (χ0) is 21.7. The summed E-state index contributed by atoms with van der Waals surface area (Å²) in [7, 11) is -0.650. The lowest BCUT2D eigenvalue weighted by molar-refractivity contribution is -0.385. The van der Waals surface area contributed by atoms with E-state index in [-0.39, 0.29) is 27.6 Å². The largest absolute Gasteiger partial charge is 1.00 e. The number of benzene rings is 4. The van der Waals surface area contributed by atoms with Crippen LogP contribution in [-0.4, -0.2) is 12.0 Å². The van der Waals surface area contributed by atoms with Gasteiger partial charge < -0.3 is 21.7 Å². The molecular weight excluding hydrogens is 485 g/mol. The van der Waals surface area contributed by atoms with Crippen LogP contribution in [0.3, 0.4) is 0 Å². The van der Waals surface area contributed by atoms with E-state index in [4.69, 9.17) is 4.74 Å². The average Bonchev–Trinajstić information content (AvgIpc) is 2.84. The van der Waals surface area contributed by atoms with Crippen LogP contribution < -0.4 is 37.6 Å². The average molecular weight is 508 g/mol. The first-order valence-electron chi connectivity index (χ1n) is 10.0. The molecule has 4 aromatic rings. The second-order valence-corrected chi connectivity index (χ2v) is 10.7. The summed E-state index contributed by atoms with van der Waals surface area (Å²) in [5, 5.41) is 15.4. The number of methoxy groups -OCH3 is 1. The fourth-order valence-corrected chi connectivity index (χ4v) is 8.27. The van der Waals surface area contributed by atoms with Crippen molar-refractivity contribution >= 4 is 28.9 Å². The number of ether oxygens (including phenoxy) is 1. The molecule has 0 fully saturated rings. The molecule has 0 unspecified atom stereocenters. The lowest BCUT2D eigenvalue weighted by Crippen LogP contribution is -3.00. The van der Waals surface area contributed by atoms with Crippen molar-refractivity contribution in [3.8, 4) is 5.75 Å².